The smallest absolute Gasteiger partial charge is 0.306 e. The van der Waals surface area contributed by atoms with Gasteiger partial charge in [-0.25, -0.2) is 0 Å². The van der Waals surface area contributed by atoms with E-state index in [-0.39, 0.29) is 30.0 Å². The lowest BCUT2D eigenvalue weighted by atomic mass is 9.81. The Hall–Kier alpha value is -0.570. The fourth-order valence-corrected chi connectivity index (χ4v) is 1.69. The lowest BCUT2D eigenvalue weighted by Crippen LogP contribution is -2.40. The number of carbonyl (C=O) groups is 1. The zero-order chi connectivity index (χ0) is 12.1. The highest BCUT2D eigenvalue weighted by molar-refractivity contribution is 5.69. The van der Waals surface area contributed by atoms with E-state index in [1.54, 1.807) is 0 Å². The van der Waals surface area contributed by atoms with Crippen molar-refractivity contribution in [2.24, 2.45) is 11.3 Å². The first-order chi connectivity index (χ1) is 6.85. The molecule has 0 heterocycles. The molecule has 0 radical (unpaired) electrons. The molecule has 0 bridgehead atoms. The topological polar surface area (TPSA) is 46.5 Å². The van der Waals surface area contributed by atoms with E-state index in [9.17, 15) is 9.90 Å². The maximum Gasteiger partial charge on any atom is 0.306 e. The number of rotatable bonds is 6. The summed E-state index contributed by atoms with van der Waals surface area (Å²) in [6.07, 6.45) is 1.02. The van der Waals surface area contributed by atoms with Gasteiger partial charge in [-0.1, -0.05) is 34.6 Å². The molecule has 1 unspecified atom stereocenters. The molecule has 0 saturated carbocycles. The summed E-state index contributed by atoms with van der Waals surface area (Å²) < 4.78 is 5.41. The highest BCUT2D eigenvalue weighted by Gasteiger charge is 2.34. The first-order valence-corrected chi connectivity index (χ1v) is 5.65. The summed E-state index contributed by atoms with van der Waals surface area (Å²) in [5.41, 5.74) is -0.377. The zero-order valence-electron chi connectivity index (χ0n) is 10.5. The van der Waals surface area contributed by atoms with Gasteiger partial charge < -0.3 is 9.84 Å². The van der Waals surface area contributed by atoms with Gasteiger partial charge >= 0.3 is 5.97 Å². The average molecular weight is 216 g/mol. The first-order valence-electron chi connectivity index (χ1n) is 5.65. The van der Waals surface area contributed by atoms with Crippen molar-refractivity contribution >= 4 is 5.97 Å². The Bertz CT molecular complexity index is 197. The predicted molar refractivity (Wildman–Crippen MR) is 60.5 cm³/mol. The summed E-state index contributed by atoms with van der Waals surface area (Å²) in [4.78, 5) is 11.4. The summed E-state index contributed by atoms with van der Waals surface area (Å²) in [5.74, 6) is 0.0469. The van der Waals surface area contributed by atoms with Crippen LogP contribution >= 0.6 is 0 Å². The van der Waals surface area contributed by atoms with Crippen molar-refractivity contribution < 1.29 is 14.6 Å². The van der Waals surface area contributed by atoms with Crippen LogP contribution in [-0.4, -0.2) is 23.8 Å². The summed E-state index contributed by atoms with van der Waals surface area (Å²) in [7, 11) is 0. The molecule has 3 nitrogen and oxygen atoms in total. The second-order valence-corrected chi connectivity index (χ2v) is 5.05. The minimum atomic E-state index is -0.377. The second kappa shape index (κ2) is 6.11. The van der Waals surface area contributed by atoms with Gasteiger partial charge in [0.15, 0.2) is 0 Å². The standard InChI is InChI=1S/C12H24O3/c1-6-7-10(14)15-11(9(2)3)12(4,5)8-13/h9,11,13H,6-8H2,1-5H3. The van der Waals surface area contributed by atoms with Gasteiger partial charge in [0, 0.05) is 11.8 Å². The number of hydrogen-bond donors (Lipinski definition) is 1. The van der Waals surface area contributed by atoms with Gasteiger partial charge in [-0.3, -0.25) is 4.79 Å². The van der Waals surface area contributed by atoms with Crippen molar-refractivity contribution in [2.75, 3.05) is 6.61 Å². The number of ether oxygens (including phenoxy) is 1. The van der Waals surface area contributed by atoms with Crippen LogP contribution in [0.5, 0.6) is 0 Å². The Morgan fingerprint density at radius 1 is 1.40 bits per heavy atom. The van der Waals surface area contributed by atoms with E-state index in [0.717, 1.165) is 6.42 Å². The normalized spacial score (nSPS) is 14.1. The van der Waals surface area contributed by atoms with E-state index in [0.29, 0.717) is 6.42 Å². The van der Waals surface area contributed by atoms with Crippen LogP contribution in [0.4, 0.5) is 0 Å². The van der Waals surface area contributed by atoms with Crippen molar-refractivity contribution in [1.29, 1.82) is 0 Å². The summed E-state index contributed by atoms with van der Waals surface area (Å²) in [6.45, 7) is 9.80. The lowest BCUT2D eigenvalue weighted by Gasteiger charge is -2.34. The maximum atomic E-state index is 11.4. The van der Waals surface area contributed by atoms with Gasteiger partial charge in [0.2, 0.25) is 0 Å². The number of aliphatic hydroxyl groups excluding tert-OH is 1. The molecule has 0 aromatic rings. The van der Waals surface area contributed by atoms with Crippen LogP contribution in [0.2, 0.25) is 0 Å². The monoisotopic (exact) mass is 216 g/mol. The molecular formula is C12H24O3. The molecule has 0 aliphatic heterocycles. The molecule has 0 aliphatic carbocycles. The highest BCUT2D eigenvalue weighted by Crippen LogP contribution is 2.28. The summed E-state index contributed by atoms with van der Waals surface area (Å²) in [6, 6.07) is 0. The summed E-state index contributed by atoms with van der Waals surface area (Å²) in [5, 5.41) is 9.26. The van der Waals surface area contributed by atoms with Gasteiger partial charge in [-0.15, -0.1) is 0 Å². The third-order valence-corrected chi connectivity index (χ3v) is 2.50. The number of carbonyl (C=O) groups excluding carboxylic acids is 1. The van der Waals surface area contributed by atoms with Crippen molar-refractivity contribution in [3.8, 4) is 0 Å². The van der Waals surface area contributed by atoms with Crippen LogP contribution in [0.15, 0.2) is 0 Å². The molecule has 0 spiro atoms. The number of aliphatic hydroxyl groups is 1. The predicted octanol–water partition coefficient (Wildman–Crippen LogP) is 2.37. The van der Waals surface area contributed by atoms with Crippen LogP contribution in [0.1, 0.15) is 47.5 Å². The molecule has 90 valence electrons. The zero-order valence-corrected chi connectivity index (χ0v) is 10.5. The molecule has 0 fully saturated rings. The molecule has 0 amide bonds. The van der Waals surface area contributed by atoms with Crippen molar-refractivity contribution in [3.63, 3.8) is 0 Å². The van der Waals surface area contributed by atoms with Gasteiger partial charge in [-0.2, -0.15) is 0 Å². The molecule has 15 heavy (non-hydrogen) atoms. The molecule has 0 saturated heterocycles. The summed E-state index contributed by atoms with van der Waals surface area (Å²) >= 11 is 0. The minimum absolute atomic E-state index is 0.0231. The molecule has 0 aromatic carbocycles. The number of hydrogen-bond acceptors (Lipinski definition) is 3. The average Bonchev–Trinajstić information content (AvgIpc) is 2.14. The molecule has 0 rings (SSSR count). The first kappa shape index (κ1) is 14.4. The Labute approximate surface area is 92.8 Å². The van der Waals surface area contributed by atoms with Crippen LogP contribution in [-0.2, 0) is 9.53 Å². The van der Waals surface area contributed by atoms with Crippen molar-refractivity contribution in [3.05, 3.63) is 0 Å². The van der Waals surface area contributed by atoms with E-state index >= 15 is 0 Å². The molecule has 3 heteroatoms. The molecular weight excluding hydrogens is 192 g/mol. The fraction of sp³-hybridized carbons (Fsp3) is 0.917. The van der Waals surface area contributed by atoms with Gasteiger partial charge in [0.1, 0.15) is 6.10 Å². The number of esters is 1. The van der Waals surface area contributed by atoms with Crippen LogP contribution in [0.25, 0.3) is 0 Å². The fourth-order valence-electron chi connectivity index (χ4n) is 1.69. The van der Waals surface area contributed by atoms with E-state index in [4.69, 9.17) is 4.74 Å². The second-order valence-electron chi connectivity index (χ2n) is 5.05. The molecule has 0 aliphatic rings. The third kappa shape index (κ3) is 4.65. The van der Waals surface area contributed by atoms with Crippen LogP contribution in [0, 0.1) is 11.3 Å². The Balaban J connectivity index is 4.48. The molecule has 1 N–H and O–H groups in total. The van der Waals surface area contributed by atoms with Gasteiger partial charge in [0.05, 0.1) is 6.61 Å². The Kier molecular flexibility index (Phi) is 5.88. The third-order valence-electron chi connectivity index (χ3n) is 2.50. The van der Waals surface area contributed by atoms with Crippen LogP contribution in [0.3, 0.4) is 0 Å². The molecule has 1 atom stereocenters. The quantitative estimate of drug-likeness (QED) is 0.693. The SMILES string of the molecule is CCCC(=O)OC(C(C)C)C(C)(C)CO. The van der Waals surface area contributed by atoms with Crippen LogP contribution < -0.4 is 0 Å². The van der Waals surface area contributed by atoms with E-state index in [2.05, 4.69) is 0 Å². The molecule has 0 aromatic heterocycles. The Morgan fingerprint density at radius 3 is 2.27 bits per heavy atom. The van der Waals surface area contributed by atoms with Crippen molar-refractivity contribution in [2.45, 2.75) is 53.6 Å². The lowest BCUT2D eigenvalue weighted by molar-refractivity contribution is -0.161. The van der Waals surface area contributed by atoms with Crippen molar-refractivity contribution in [1.82, 2.24) is 0 Å². The largest absolute Gasteiger partial charge is 0.461 e. The Morgan fingerprint density at radius 2 is 1.93 bits per heavy atom. The minimum Gasteiger partial charge on any atom is -0.461 e. The van der Waals surface area contributed by atoms with E-state index < -0.39 is 0 Å². The van der Waals surface area contributed by atoms with Gasteiger partial charge in [0.25, 0.3) is 0 Å². The highest BCUT2D eigenvalue weighted by atomic mass is 16.5. The van der Waals surface area contributed by atoms with E-state index in [1.165, 1.54) is 0 Å². The van der Waals surface area contributed by atoms with E-state index in [1.807, 2.05) is 34.6 Å². The maximum absolute atomic E-state index is 11.4. The van der Waals surface area contributed by atoms with Gasteiger partial charge in [-0.05, 0) is 12.3 Å².